The first-order chi connectivity index (χ1) is 7.56. The maximum absolute atomic E-state index is 13.5. The van der Waals surface area contributed by atoms with Crippen LogP contribution in [0.15, 0.2) is 22.8 Å². The molecule has 17 heavy (non-hydrogen) atoms. The largest absolute Gasteiger partial charge is 0.464 e. The summed E-state index contributed by atoms with van der Waals surface area (Å²) >= 11 is 3.14. The first-order valence-electron chi connectivity index (χ1n) is 4.75. The van der Waals surface area contributed by atoms with Crippen LogP contribution in [0.2, 0.25) is 0 Å². The molecule has 0 aliphatic heterocycles. The van der Waals surface area contributed by atoms with Gasteiger partial charge in [0.2, 0.25) is 6.17 Å². The van der Waals surface area contributed by atoms with Gasteiger partial charge in [0.25, 0.3) is 0 Å². The number of carbonyl (C=O) groups is 1. The van der Waals surface area contributed by atoms with E-state index in [0.29, 0.717) is 10.3 Å². The summed E-state index contributed by atoms with van der Waals surface area (Å²) in [6, 6.07) is 3.80. The average molecular weight is 328 g/mol. The molecule has 0 saturated heterocycles. The second kappa shape index (κ2) is 7.58. The highest BCUT2D eigenvalue weighted by atomic mass is 79.9. The molecule has 1 rings (SSSR count). The molecule has 2 atom stereocenters. The van der Waals surface area contributed by atoms with Crippen molar-refractivity contribution < 1.29 is 13.9 Å². The minimum absolute atomic E-state index is 0. The predicted molar refractivity (Wildman–Crippen MR) is 67.6 cm³/mol. The van der Waals surface area contributed by atoms with Gasteiger partial charge in [-0.25, -0.2) is 14.2 Å². The number of pyridine rings is 1. The normalized spacial score (nSPS) is 13.4. The Hall–Kier alpha value is -0.720. The fourth-order valence-electron chi connectivity index (χ4n) is 1.13. The highest BCUT2D eigenvalue weighted by molar-refractivity contribution is 9.10. The van der Waals surface area contributed by atoms with Crippen LogP contribution in [0.1, 0.15) is 18.7 Å². The average Bonchev–Trinajstić information content (AvgIpc) is 2.27. The van der Waals surface area contributed by atoms with Crippen molar-refractivity contribution in [2.75, 3.05) is 6.61 Å². The van der Waals surface area contributed by atoms with Crippen LogP contribution in [0.25, 0.3) is 0 Å². The maximum atomic E-state index is 13.5. The SMILES string of the molecule is CCOC(=O)C(F)[C@@H](N)c1cccc(Br)n1.Cl. The molecular weight excluding hydrogens is 314 g/mol. The van der Waals surface area contributed by atoms with E-state index in [0.717, 1.165) is 0 Å². The van der Waals surface area contributed by atoms with E-state index < -0.39 is 18.2 Å². The summed E-state index contributed by atoms with van der Waals surface area (Å²) in [5, 5.41) is 0. The number of rotatable bonds is 4. The van der Waals surface area contributed by atoms with E-state index in [1.807, 2.05) is 0 Å². The van der Waals surface area contributed by atoms with Crippen molar-refractivity contribution in [2.45, 2.75) is 19.1 Å². The summed E-state index contributed by atoms with van der Waals surface area (Å²) in [6.07, 6.45) is -1.90. The van der Waals surface area contributed by atoms with Crippen LogP contribution in [-0.4, -0.2) is 23.7 Å². The van der Waals surface area contributed by atoms with Gasteiger partial charge < -0.3 is 10.5 Å². The molecule has 96 valence electrons. The molecule has 0 aliphatic carbocycles. The van der Waals surface area contributed by atoms with Gasteiger partial charge in [-0.2, -0.15) is 0 Å². The Morgan fingerprint density at radius 2 is 2.29 bits per heavy atom. The summed E-state index contributed by atoms with van der Waals surface area (Å²) < 4.78 is 18.6. The molecule has 0 fully saturated rings. The molecule has 0 bridgehead atoms. The number of esters is 1. The highest BCUT2D eigenvalue weighted by Crippen LogP contribution is 2.18. The van der Waals surface area contributed by atoms with Crippen LogP contribution in [-0.2, 0) is 9.53 Å². The van der Waals surface area contributed by atoms with Gasteiger partial charge in [0.1, 0.15) is 4.60 Å². The van der Waals surface area contributed by atoms with E-state index in [2.05, 4.69) is 25.7 Å². The maximum Gasteiger partial charge on any atom is 0.342 e. The van der Waals surface area contributed by atoms with E-state index in [1.54, 1.807) is 25.1 Å². The molecule has 0 amide bonds. The Morgan fingerprint density at radius 3 is 2.82 bits per heavy atom. The Balaban J connectivity index is 0.00000256. The molecular formula is C10H13BrClFN2O2. The molecule has 0 aliphatic rings. The van der Waals surface area contributed by atoms with E-state index in [-0.39, 0.29) is 19.0 Å². The Labute approximate surface area is 113 Å². The van der Waals surface area contributed by atoms with Crippen LogP contribution >= 0.6 is 28.3 Å². The second-order valence-corrected chi connectivity index (χ2v) is 3.88. The van der Waals surface area contributed by atoms with Crippen molar-refractivity contribution in [3.05, 3.63) is 28.5 Å². The van der Waals surface area contributed by atoms with Gasteiger partial charge in [-0.05, 0) is 35.0 Å². The lowest BCUT2D eigenvalue weighted by molar-refractivity contribution is -0.150. The summed E-state index contributed by atoms with van der Waals surface area (Å²) in [4.78, 5) is 15.1. The van der Waals surface area contributed by atoms with E-state index in [9.17, 15) is 9.18 Å². The predicted octanol–water partition coefficient (Wildman–Crippen LogP) is 2.17. The van der Waals surface area contributed by atoms with E-state index in [4.69, 9.17) is 5.73 Å². The van der Waals surface area contributed by atoms with Crippen LogP contribution in [0, 0.1) is 0 Å². The molecule has 2 N–H and O–H groups in total. The quantitative estimate of drug-likeness (QED) is 0.680. The number of nitrogens with zero attached hydrogens (tertiary/aromatic N) is 1. The minimum Gasteiger partial charge on any atom is -0.464 e. The fraction of sp³-hybridized carbons (Fsp3) is 0.400. The van der Waals surface area contributed by atoms with Crippen molar-refractivity contribution >= 4 is 34.3 Å². The van der Waals surface area contributed by atoms with Crippen molar-refractivity contribution in [3.8, 4) is 0 Å². The van der Waals surface area contributed by atoms with Gasteiger partial charge >= 0.3 is 5.97 Å². The third-order valence-electron chi connectivity index (χ3n) is 1.91. The Kier molecular flexibility index (Phi) is 7.26. The molecule has 0 radical (unpaired) electrons. The number of hydrogen-bond acceptors (Lipinski definition) is 4. The Bertz CT molecular complexity index is 381. The van der Waals surface area contributed by atoms with Crippen molar-refractivity contribution in [1.82, 2.24) is 4.98 Å². The van der Waals surface area contributed by atoms with Crippen LogP contribution in [0.3, 0.4) is 0 Å². The van der Waals surface area contributed by atoms with Gasteiger partial charge in [-0.15, -0.1) is 12.4 Å². The van der Waals surface area contributed by atoms with Gasteiger partial charge in [0, 0.05) is 0 Å². The van der Waals surface area contributed by atoms with Crippen molar-refractivity contribution in [2.24, 2.45) is 5.73 Å². The molecule has 1 unspecified atom stereocenters. The van der Waals surface area contributed by atoms with E-state index >= 15 is 0 Å². The van der Waals surface area contributed by atoms with Gasteiger partial charge in [0.15, 0.2) is 0 Å². The number of nitrogens with two attached hydrogens (primary N) is 1. The zero-order valence-electron chi connectivity index (χ0n) is 9.10. The lowest BCUT2D eigenvalue weighted by Crippen LogP contribution is -2.32. The van der Waals surface area contributed by atoms with Gasteiger partial charge in [-0.1, -0.05) is 6.07 Å². The molecule has 7 heteroatoms. The lowest BCUT2D eigenvalue weighted by atomic mass is 10.1. The van der Waals surface area contributed by atoms with Crippen LogP contribution in [0.5, 0.6) is 0 Å². The number of carbonyl (C=O) groups excluding carboxylic acids is 1. The number of ether oxygens (including phenoxy) is 1. The zero-order valence-corrected chi connectivity index (χ0v) is 11.5. The van der Waals surface area contributed by atoms with Gasteiger partial charge in [-0.3, -0.25) is 0 Å². The number of hydrogen-bond donors (Lipinski definition) is 1. The number of aromatic nitrogens is 1. The smallest absolute Gasteiger partial charge is 0.342 e. The topological polar surface area (TPSA) is 65.2 Å². The second-order valence-electron chi connectivity index (χ2n) is 3.06. The monoisotopic (exact) mass is 326 g/mol. The molecule has 0 saturated carbocycles. The van der Waals surface area contributed by atoms with Crippen LogP contribution in [0.4, 0.5) is 4.39 Å². The standard InChI is InChI=1S/C10H12BrFN2O2.ClH/c1-2-16-10(15)8(12)9(13)6-4-3-5-7(11)14-6;/h3-5,8-9H,2,13H2,1H3;1H/t8?,9-;/m0./s1. The van der Waals surface area contributed by atoms with E-state index in [1.165, 1.54) is 0 Å². The molecule has 0 aromatic carbocycles. The first-order valence-corrected chi connectivity index (χ1v) is 5.54. The Morgan fingerprint density at radius 1 is 1.65 bits per heavy atom. The molecule has 4 nitrogen and oxygen atoms in total. The first kappa shape index (κ1) is 16.3. The zero-order chi connectivity index (χ0) is 12.1. The van der Waals surface area contributed by atoms with Gasteiger partial charge in [0.05, 0.1) is 18.3 Å². The molecule has 1 heterocycles. The molecule has 1 aromatic rings. The number of alkyl halides is 1. The van der Waals surface area contributed by atoms with Crippen LogP contribution < -0.4 is 5.73 Å². The molecule has 1 aromatic heterocycles. The fourth-order valence-corrected chi connectivity index (χ4v) is 1.49. The van der Waals surface area contributed by atoms with Crippen molar-refractivity contribution in [3.63, 3.8) is 0 Å². The summed E-state index contributed by atoms with van der Waals surface area (Å²) in [7, 11) is 0. The number of halogens is 3. The summed E-state index contributed by atoms with van der Waals surface area (Å²) in [6.45, 7) is 1.73. The molecule has 0 spiro atoms. The lowest BCUT2D eigenvalue weighted by Gasteiger charge is -2.14. The van der Waals surface area contributed by atoms with Crippen molar-refractivity contribution in [1.29, 1.82) is 0 Å². The highest BCUT2D eigenvalue weighted by Gasteiger charge is 2.28. The summed E-state index contributed by atoms with van der Waals surface area (Å²) in [5.41, 5.74) is 5.88. The third-order valence-corrected chi connectivity index (χ3v) is 2.35. The summed E-state index contributed by atoms with van der Waals surface area (Å²) in [5.74, 6) is -0.961. The third kappa shape index (κ3) is 4.57. The minimum atomic E-state index is -1.90.